The molecule has 0 aromatic heterocycles. The molecule has 0 bridgehead atoms. The number of carbonyl (C=O) groups is 1. The van der Waals surface area contributed by atoms with Crippen LogP contribution >= 0.6 is 11.8 Å². The Bertz CT molecular complexity index is 541. The molecule has 7 nitrogen and oxygen atoms in total. The summed E-state index contributed by atoms with van der Waals surface area (Å²) >= 11 is 1.07. The highest BCUT2D eigenvalue weighted by Crippen LogP contribution is 2.35. The maximum absolute atomic E-state index is 13.2. The van der Waals surface area contributed by atoms with Gasteiger partial charge in [0.1, 0.15) is 5.44 Å². The largest absolute Gasteiger partial charge is 0.394 e. The molecule has 1 saturated carbocycles. The minimum atomic E-state index is -1.28. The number of nitrogens with one attached hydrogen (secondary N) is 2. The summed E-state index contributed by atoms with van der Waals surface area (Å²) in [6, 6.07) is -0.894. The number of alkyl halides is 1. The van der Waals surface area contributed by atoms with E-state index in [1.54, 1.807) is 6.26 Å². The van der Waals surface area contributed by atoms with Gasteiger partial charge in [-0.25, -0.2) is 0 Å². The number of carbonyl (C=O) groups excluding carboxylic acids is 1. The van der Waals surface area contributed by atoms with E-state index in [-0.39, 0.29) is 24.5 Å². The molecule has 1 heterocycles. The van der Waals surface area contributed by atoms with Gasteiger partial charge in [-0.3, -0.25) is 9.18 Å². The van der Waals surface area contributed by atoms with E-state index in [0.717, 1.165) is 69.7 Å². The van der Waals surface area contributed by atoms with Crippen molar-refractivity contribution in [2.24, 2.45) is 17.8 Å². The second-order valence-electron chi connectivity index (χ2n) is 9.45. The van der Waals surface area contributed by atoms with E-state index in [2.05, 4.69) is 10.6 Å². The maximum Gasteiger partial charge on any atom is 0.237 e. The fraction of sp³-hybridized carbons (Fsp3) is 0.957. The lowest BCUT2D eigenvalue weighted by atomic mass is 9.80. The quantitative estimate of drug-likeness (QED) is 0.175. The van der Waals surface area contributed by atoms with Gasteiger partial charge in [-0.2, -0.15) is 0 Å². The smallest absolute Gasteiger partial charge is 0.237 e. The predicted octanol–water partition coefficient (Wildman–Crippen LogP) is 1.57. The molecule has 9 heteroatoms. The number of aliphatic hydroxyl groups is 4. The first-order valence-corrected chi connectivity index (χ1v) is 13.5. The third-order valence-corrected chi connectivity index (χ3v) is 8.07. The first-order valence-electron chi connectivity index (χ1n) is 12.2. The highest BCUT2D eigenvalue weighted by Gasteiger charge is 2.43. The van der Waals surface area contributed by atoms with Gasteiger partial charge >= 0.3 is 0 Å². The lowest BCUT2D eigenvalue weighted by molar-refractivity contribution is -0.127. The fourth-order valence-electron chi connectivity index (χ4n) is 5.39. The minimum Gasteiger partial charge on any atom is -0.394 e. The Labute approximate surface area is 195 Å². The Hall–Kier alpha value is -0.450. The van der Waals surface area contributed by atoms with E-state index in [4.69, 9.17) is 0 Å². The molecule has 7 unspecified atom stereocenters. The van der Waals surface area contributed by atoms with Gasteiger partial charge in [-0.05, 0) is 63.2 Å². The van der Waals surface area contributed by atoms with Gasteiger partial charge < -0.3 is 31.1 Å². The molecule has 0 spiro atoms. The zero-order valence-corrected chi connectivity index (χ0v) is 20.1. The monoisotopic (exact) mass is 478 g/mol. The van der Waals surface area contributed by atoms with Crippen LogP contribution in [0.15, 0.2) is 0 Å². The summed E-state index contributed by atoms with van der Waals surface area (Å²) < 4.78 is 12.4. The summed E-state index contributed by atoms with van der Waals surface area (Å²) in [5, 5.41) is 47.6. The lowest BCUT2D eigenvalue weighted by Gasteiger charge is -2.39. The number of thioether (sulfide) groups is 1. The van der Waals surface area contributed by atoms with Crippen molar-refractivity contribution >= 4 is 17.7 Å². The molecule has 2 aliphatic rings. The number of unbranched alkanes of at least 4 members (excludes halogenated alkanes) is 1. The number of halogens is 1. The van der Waals surface area contributed by atoms with E-state index in [9.17, 15) is 29.6 Å². The second kappa shape index (κ2) is 14.7. The molecule has 188 valence electrons. The van der Waals surface area contributed by atoms with Crippen LogP contribution in [0.2, 0.25) is 0 Å². The SMILES string of the molecule is CSC(O)C(O)C(C(O)CO)C(NC(=O)C1CCC(CCCCF)CCN1)C1CCCC1. The zero-order valence-electron chi connectivity index (χ0n) is 19.3. The minimum absolute atomic E-state index is 0.0769. The van der Waals surface area contributed by atoms with Crippen LogP contribution in [0, 0.1) is 17.8 Å². The van der Waals surface area contributed by atoms with Crippen LogP contribution in [-0.4, -0.2) is 82.1 Å². The lowest BCUT2D eigenvalue weighted by Crippen LogP contribution is -2.58. The van der Waals surface area contributed by atoms with Crippen LogP contribution in [0.4, 0.5) is 4.39 Å². The predicted molar refractivity (Wildman–Crippen MR) is 125 cm³/mol. The number of amides is 1. The molecule has 1 amide bonds. The van der Waals surface area contributed by atoms with Crippen molar-refractivity contribution in [1.82, 2.24) is 10.6 Å². The van der Waals surface area contributed by atoms with Crippen molar-refractivity contribution < 1.29 is 29.6 Å². The molecular formula is C23H43FN2O5S. The molecule has 7 atom stereocenters. The van der Waals surface area contributed by atoms with Crippen molar-refractivity contribution in [3.8, 4) is 0 Å². The normalized spacial score (nSPS) is 27.3. The standard InChI is InChI=1S/C23H43FN2O5S/c1-32-23(31)21(29)19(18(28)14-27)20(16-7-2-3-8-16)26-22(30)17-10-9-15(11-13-25-17)6-4-5-12-24/h15-21,23,25,27-29,31H,2-14H2,1H3,(H,26,30). The molecule has 6 N–H and O–H groups in total. The highest BCUT2D eigenvalue weighted by molar-refractivity contribution is 7.99. The Morgan fingerprint density at radius 1 is 1.12 bits per heavy atom. The molecule has 0 aromatic carbocycles. The van der Waals surface area contributed by atoms with Crippen molar-refractivity contribution in [1.29, 1.82) is 0 Å². The number of hydrogen-bond donors (Lipinski definition) is 6. The van der Waals surface area contributed by atoms with Crippen LogP contribution < -0.4 is 10.6 Å². The van der Waals surface area contributed by atoms with E-state index < -0.39 is 36.2 Å². The molecular weight excluding hydrogens is 435 g/mol. The van der Waals surface area contributed by atoms with E-state index in [1.165, 1.54) is 0 Å². The molecule has 1 aliphatic heterocycles. The average Bonchev–Trinajstić information content (AvgIpc) is 3.23. The van der Waals surface area contributed by atoms with Gasteiger partial charge in [0.15, 0.2) is 0 Å². The second-order valence-corrected chi connectivity index (χ2v) is 10.4. The summed E-state index contributed by atoms with van der Waals surface area (Å²) in [5.41, 5.74) is -1.12. The zero-order chi connectivity index (χ0) is 23.5. The average molecular weight is 479 g/mol. The van der Waals surface area contributed by atoms with Gasteiger partial charge in [-0.1, -0.05) is 25.7 Å². The molecule has 1 aliphatic carbocycles. The first kappa shape index (κ1) is 27.8. The van der Waals surface area contributed by atoms with Gasteiger partial charge in [0.25, 0.3) is 0 Å². The van der Waals surface area contributed by atoms with Gasteiger partial charge in [0.2, 0.25) is 5.91 Å². The van der Waals surface area contributed by atoms with Gasteiger partial charge in [-0.15, -0.1) is 11.8 Å². The molecule has 32 heavy (non-hydrogen) atoms. The number of hydrogen-bond acceptors (Lipinski definition) is 7. The number of rotatable bonds is 13. The van der Waals surface area contributed by atoms with E-state index in [0.29, 0.717) is 18.8 Å². The summed E-state index contributed by atoms with van der Waals surface area (Å²) in [7, 11) is 0. The summed E-state index contributed by atoms with van der Waals surface area (Å²) in [6.45, 7) is -0.108. The van der Waals surface area contributed by atoms with Gasteiger partial charge in [0.05, 0.1) is 31.5 Å². The van der Waals surface area contributed by atoms with Crippen LogP contribution in [0.3, 0.4) is 0 Å². The Balaban J connectivity index is 2.09. The van der Waals surface area contributed by atoms with Gasteiger partial charge in [0, 0.05) is 12.0 Å². The number of aliphatic hydroxyl groups excluding tert-OH is 4. The van der Waals surface area contributed by atoms with Crippen molar-refractivity contribution in [3.63, 3.8) is 0 Å². The first-order chi connectivity index (χ1) is 15.4. The molecule has 1 saturated heterocycles. The summed E-state index contributed by atoms with van der Waals surface area (Å²) in [5.74, 6) is -0.464. The summed E-state index contributed by atoms with van der Waals surface area (Å²) in [6.07, 6.45) is 7.92. The molecule has 2 rings (SSSR count). The summed E-state index contributed by atoms with van der Waals surface area (Å²) in [4.78, 5) is 13.2. The van der Waals surface area contributed by atoms with Crippen LogP contribution in [0.1, 0.15) is 64.2 Å². The van der Waals surface area contributed by atoms with E-state index >= 15 is 0 Å². The fourth-order valence-corrected chi connectivity index (χ4v) is 5.85. The third-order valence-electron chi connectivity index (χ3n) is 7.31. The Kier molecular flexibility index (Phi) is 12.8. The Morgan fingerprint density at radius 3 is 2.47 bits per heavy atom. The molecule has 2 fully saturated rings. The van der Waals surface area contributed by atoms with E-state index in [1.807, 2.05) is 0 Å². The van der Waals surface area contributed by atoms with Crippen LogP contribution in [-0.2, 0) is 4.79 Å². The van der Waals surface area contributed by atoms with Crippen LogP contribution in [0.25, 0.3) is 0 Å². The van der Waals surface area contributed by atoms with Crippen molar-refractivity contribution in [2.75, 3.05) is 26.1 Å². The topological polar surface area (TPSA) is 122 Å². The Morgan fingerprint density at radius 2 is 1.84 bits per heavy atom. The van der Waals surface area contributed by atoms with Crippen molar-refractivity contribution in [3.05, 3.63) is 0 Å². The highest BCUT2D eigenvalue weighted by atomic mass is 32.2. The van der Waals surface area contributed by atoms with Crippen molar-refractivity contribution in [2.45, 2.75) is 93.9 Å². The molecule has 0 radical (unpaired) electrons. The molecule has 0 aromatic rings. The maximum atomic E-state index is 13.2. The van der Waals surface area contributed by atoms with Crippen LogP contribution in [0.5, 0.6) is 0 Å². The third kappa shape index (κ3) is 8.09.